The van der Waals surface area contributed by atoms with Crippen molar-refractivity contribution in [3.8, 4) is 0 Å². The second-order valence-electron chi connectivity index (χ2n) is 6.13. The highest BCUT2D eigenvalue weighted by Crippen LogP contribution is 2.31. The fourth-order valence-electron chi connectivity index (χ4n) is 2.43. The van der Waals surface area contributed by atoms with Gasteiger partial charge in [-0.1, -0.05) is 25.4 Å². The van der Waals surface area contributed by atoms with E-state index >= 15 is 0 Å². The Bertz CT molecular complexity index is 498. The summed E-state index contributed by atoms with van der Waals surface area (Å²) >= 11 is 6.09. The number of halogens is 1. The quantitative estimate of drug-likeness (QED) is 0.808. The maximum absolute atomic E-state index is 12.9. The van der Waals surface area contributed by atoms with Gasteiger partial charge >= 0.3 is 0 Å². The first-order chi connectivity index (χ1) is 10.0. The molecule has 0 aromatic heterocycles. The van der Waals surface area contributed by atoms with E-state index in [2.05, 4.69) is 19.2 Å². The lowest BCUT2D eigenvalue weighted by molar-refractivity contribution is 0.0736. The lowest BCUT2D eigenvalue weighted by Gasteiger charge is -2.25. The number of anilines is 1. The zero-order valence-corrected chi connectivity index (χ0v) is 13.9. The summed E-state index contributed by atoms with van der Waals surface area (Å²) in [7, 11) is 0. The van der Waals surface area contributed by atoms with Gasteiger partial charge in [-0.3, -0.25) is 4.79 Å². The molecule has 1 N–H and O–H groups in total. The highest BCUT2D eigenvalue weighted by molar-refractivity contribution is 6.31. The topological polar surface area (TPSA) is 32.3 Å². The molecule has 116 valence electrons. The van der Waals surface area contributed by atoms with Gasteiger partial charge in [-0.05, 0) is 50.3 Å². The number of amides is 1. The number of nitrogens with one attached hydrogen (secondary N) is 1. The largest absolute Gasteiger partial charge is 0.385 e. The Kier molecular flexibility index (Phi) is 5.51. The number of hydrogen-bond acceptors (Lipinski definition) is 2. The summed E-state index contributed by atoms with van der Waals surface area (Å²) in [6.07, 6.45) is 3.29. The minimum absolute atomic E-state index is 0.108. The Balaban J connectivity index is 2.21. The van der Waals surface area contributed by atoms with Crippen LogP contribution < -0.4 is 5.32 Å². The van der Waals surface area contributed by atoms with Crippen molar-refractivity contribution in [2.45, 2.75) is 46.1 Å². The summed E-state index contributed by atoms with van der Waals surface area (Å²) in [6, 6.07) is 5.93. The molecule has 0 spiro atoms. The minimum atomic E-state index is 0.108. The molecule has 1 aliphatic carbocycles. The third-order valence-corrected chi connectivity index (χ3v) is 4.01. The highest BCUT2D eigenvalue weighted by Gasteiger charge is 2.33. The Morgan fingerprint density at radius 3 is 2.71 bits per heavy atom. The van der Waals surface area contributed by atoms with Crippen molar-refractivity contribution < 1.29 is 4.79 Å². The van der Waals surface area contributed by atoms with Crippen LogP contribution >= 0.6 is 11.6 Å². The zero-order chi connectivity index (χ0) is 15.4. The van der Waals surface area contributed by atoms with E-state index in [1.807, 2.05) is 24.0 Å². The normalized spacial score (nSPS) is 14.3. The van der Waals surface area contributed by atoms with Gasteiger partial charge in [0.1, 0.15) is 0 Å². The standard InChI is InChI=1S/C17H25ClN2O/c1-4-19-16-8-5-13(18)11-15(16)17(21)20(14-6-7-14)10-9-12(2)3/h5,8,11-12,14,19H,4,6-7,9-10H2,1-3H3. The van der Waals surface area contributed by atoms with Gasteiger partial charge < -0.3 is 10.2 Å². The van der Waals surface area contributed by atoms with Gasteiger partial charge in [-0.25, -0.2) is 0 Å². The highest BCUT2D eigenvalue weighted by atomic mass is 35.5. The Morgan fingerprint density at radius 1 is 1.43 bits per heavy atom. The van der Waals surface area contributed by atoms with Crippen LogP contribution in [0.25, 0.3) is 0 Å². The molecule has 1 amide bonds. The average Bonchev–Trinajstić information content (AvgIpc) is 3.25. The van der Waals surface area contributed by atoms with Gasteiger partial charge in [-0.2, -0.15) is 0 Å². The number of nitrogens with zero attached hydrogens (tertiary/aromatic N) is 1. The fourth-order valence-corrected chi connectivity index (χ4v) is 2.60. The van der Waals surface area contributed by atoms with Crippen LogP contribution in [0.4, 0.5) is 5.69 Å². The summed E-state index contributed by atoms with van der Waals surface area (Å²) in [5.74, 6) is 0.711. The molecule has 1 aliphatic rings. The number of hydrogen-bond donors (Lipinski definition) is 1. The molecule has 1 aromatic rings. The summed E-state index contributed by atoms with van der Waals surface area (Å²) < 4.78 is 0. The molecule has 4 heteroatoms. The second-order valence-corrected chi connectivity index (χ2v) is 6.57. The smallest absolute Gasteiger partial charge is 0.256 e. The van der Waals surface area contributed by atoms with Gasteiger partial charge in [0.2, 0.25) is 0 Å². The Labute approximate surface area is 132 Å². The lowest BCUT2D eigenvalue weighted by Crippen LogP contribution is -2.35. The third-order valence-electron chi connectivity index (χ3n) is 3.78. The van der Waals surface area contributed by atoms with E-state index in [-0.39, 0.29) is 5.91 Å². The molecule has 0 aliphatic heterocycles. The van der Waals surface area contributed by atoms with E-state index in [1.54, 1.807) is 6.07 Å². The monoisotopic (exact) mass is 308 g/mol. The average molecular weight is 309 g/mol. The van der Waals surface area contributed by atoms with Crippen molar-refractivity contribution in [1.82, 2.24) is 4.90 Å². The maximum Gasteiger partial charge on any atom is 0.256 e. The molecule has 1 fully saturated rings. The van der Waals surface area contributed by atoms with Crippen molar-refractivity contribution in [2.24, 2.45) is 5.92 Å². The molecule has 0 heterocycles. The van der Waals surface area contributed by atoms with E-state index in [0.717, 1.165) is 38.0 Å². The molecule has 0 atom stereocenters. The Morgan fingerprint density at radius 2 is 2.14 bits per heavy atom. The molecule has 0 unspecified atom stereocenters. The van der Waals surface area contributed by atoms with Crippen molar-refractivity contribution >= 4 is 23.2 Å². The molecular weight excluding hydrogens is 284 g/mol. The van der Waals surface area contributed by atoms with Crippen LogP contribution in [0.5, 0.6) is 0 Å². The van der Waals surface area contributed by atoms with E-state index in [9.17, 15) is 4.79 Å². The SMILES string of the molecule is CCNc1ccc(Cl)cc1C(=O)N(CCC(C)C)C1CC1. The first-order valence-corrected chi connectivity index (χ1v) is 8.25. The zero-order valence-electron chi connectivity index (χ0n) is 13.2. The van der Waals surface area contributed by atoms with E-state index < -0.39 is 0 Å². The van der Waals surface area contributed by atoms with Crippen LogP contribution in [0.3, 0.4) is 0 Å². The molecule has 3 nitrogen and oxygen atoms in total. The fraction of sp³-hybridized carbons (Fsp3) is 0.588. The van der Waals surface area contributed by atoms with Crippen molar-refractivity contribution in [2.75, 3.05) is 18.4 Å². The second kappa shape index (κ2) is 7.17. The van der Waals surface area contributed by atoms with Crippen LogP contribution in [0, 0.1) is 5.92 Å². The van der Waals surface area contributed by atoms with Crippen molar-refractivity contribution in [3.63, 3.8) is 0 Å². The maximum atomic E-state index is 12.9. The van der Waals surface area contributed by atoms with Gasteiger partial charge in [0.15, 0.2) is 0 Å². The molecule has 0 radical (unpaired) electrons. The summed E-state index contributed by atoms with van der Waals surface area (Å²) in [4.78, 5) is 14.9. The van der Waals surface area contributed by atoms with Crippen LogP contribution in [-0.4, -0.2) is 29.9 Å². The minimum Gasteiger partial charge on any atom is -0.385 e. The van der Waals surface area contributed by atoms with Gasteiger partial charge in [0.05, 0.1) is 5.56 Å². The predicted octanol–water partition coefficient (Wildman–Crippen LogP) is 4.42. The van der Waals surface area contributed by atoms with Crippen LogP contribution in [0.2, 0.25) is 5.02 Å². The van der Waals surface area contributed by atoms with Gasteiger partial charge in [-0.15, -0.1) is 0 Å². The van der Waals surface area contributed by atoms with E-state index in [4.69, 9.17) is 11.6 Å². The van der Waals surface area contributed by atoms with Gasteiger partial charge in [0.25, 0.3) is 5.91 Å². The summed E-state index contributed by atoms with van der Waals surface area (Å²) in [5.41, 5.74) is 1.57. The number of carbonyl (C=O) groups is 1. The molecule has 21 heavy (non-hydrogen) atoms. The lowest BCUT2D eigenvalue weighted by atomic mass is 10.1. The van der Waals surface area contributed by atoms with Gasteiger partial charge in [0, 0.05) is 29.8 Å². The first-order valence-electron chi connectivity index (χ1n) is 7.87. The van der Waals surface area contributed by atoms with Crippen LogP contribution in [0.15, 0.2) is 18.2 Å². The molecule has 2 rings (SSSR count). The molecular formula is C17H25ClN2O. The van der Waals surface area contributed by atoms with Crippen LogP contribution in [-0.2, 0) is 0 Å². The summed E-state index contributed by atoms with van der Waals surface area (Å²) in [6.45, 7) is 8.04. The van der Waals surface area contributed by atoms with Crippen LogP contribution in [0.1, 0.15) is 50.4 Å². The number of rotatable bonds is 7. The molecule has 1 saturated carbocycles. The molecule has 0 bridgehead atoms. The predicted molar refractivity (Wildman–Crippen MR) is 89.1 cm³/mol. The summed E-state index contributed by atoms with van der Waals surface area (Å²) in [5, 5.41) is 3.87. The van der Waals surface area contributed by atoms with Crippen molar-refractivity contribution in [3.05, 3.63) is 28.8 Å². The van der Waals surface area contributed by atoms with Crippen molar-refractivity contribution in [1.29, 1.82) is 0 Å². The number of benzene rings is 1. The van der Waals surface area contributed by atoms with E-state index in [0.29, 0.717) is 22.5 Å². The molecule has 0 saturated heterocycles. The Hall–Kier alpha value is -1.22. The first kappa shape index (κ1) is 16.2. The molecule has 1 aromatic carbocycles. The third kappa shape index (κ3) is 4.37. The number of carbonyl (C=O) groups excluding carboxylic acids is 1. The van der Waals surface area contributed by atoms with E-state index in [1.165, 1.54) is 0 Å².